The van der Waals surface area contributed by atoms with Crippen LogP contribution in [0.15, 0.2) is 18.2 Å². The van der Waals surface area contributed by atoms with E-state index in [9.17, 15) is 0 Å². The summed E-state index contributed by atoms with van der Waals surface area (Å²) in [6.07, 6.45) is 1.09. The summed E-state index contributed by atoms with van der Waals surface area (Å²) in [5.41, 5.74) is 7.75. The Hall–Kier alpha value is -0.730. The average Bonchev–Trinajstić information content (AvgIpc) is 2.15. The van der Waals surface area contributed by atoms with Crippen molar-refractivity contribution in [3.8, 4) is 0 Å². The molecule has 0 fully saturated rings. The molecule has 2 nitrogen and oxygen atoms in total. The second-order valence-corrected chi connectivity index (χ2v) is 3.37. The van der Waals surface area contributed by atoms with Crippen molar-refractivity contribution in [3.63, 3.8) is 0 Å². The number of hydrogen-bond donors (Lipinski definition) is 2. The van der Waals surface area contributed by atoms with Crippen molar-refractivity contribution in [2.24, 2.45) is 5.73 Å². The highest BCUT2D eigenvalue weighted by atomic mass is 35.5. The van der Waals surface area contributed by atoms with Gasteiger partial charge in [0.2, 0.25) is 0 Å². The number of rotatable bonds is 4. The van der Waals surface area contributed by atoms with Gasteiger partial charge in [0, 0.05) is 23.8 Å². The zero-order valence-electron chi connectivity index (χ0n) is 7.81. The monoisotopic (exact) mass is 198 g/mol. The standard InChI is InChI=1S/C10H15ClN2/c1-2-5-13-10-6-9(11)4-3-8(10)7-12/h3-4,6,13H,2,5,7,12H2,1H3. The summed E-state index contributed by atoms with van der Waals surface area (Å²) in [6.45, 7) is 3.62. The Labute approximate surface area is 84.1 Å². The van der Waals surface area contributed by atoms with Crippen LogP contribution >= 0.6 is 11.6 Å². The molecular formula is C10H15ClN2. The molecule has 72 valence electrons. The molecule has 0 spiro atoms. The molecule has 0 bridgehead atoms. The first-order valence-corrected chi connectivity index (χ1v) is 4.88. The van der Waals surface area contributed by atoms with Crippen LogP contribution in [0.1, 0.15) is 18.9 Å². The molecule has 3 N–H and O–H groups in total. The number of halogens is 1. The average molecular weight is 199 g/mol. The summed E-state index contributed by atoms with van der Waals surface area (Å²) in [5, 5.41) is 4.04. The largest absolute Gasteiger partial charge is 0.385 e. The van der Waals surface area contributed by atoms with Gasteiger partial charge in [0.1, 0.15) is 0 Å². The van der Waals surface area contributed by atoms with Gasteiger partial charge in [0.15, 0.2) is 0 Å². The number of benzene rings is 1. The van der Waals surface area contributed by atoms with Crippen LogP contribution in [0.4, 0.5) is 5.69 Å². The van der Waals surface area contributed by atoms with Gasteiger partial charge in [-0.15, -0.1) is 0 Å². The Balaban J connectivity index is 2.81. The normalized spacial score (nSPS) is 10.1. The summed E-state index contributed by atoms with van der Waals surface area (Å²) in [4.78, 5) is 0. The van der Waals surface area contributed by atoms with E-state index >= 15 is 0 Å². The van der Waals surface area contributed by atoms with E-state index in [2.05, 4.69) is 12.2 Å². The van der Waals surface area contributed by atoms with Gasteiger partial charge in [0.25, 0.3) is 0 Å². The first-order valence-electron chi connectivity index (χ1n) is 4.50. The third kappa shape index (κ3) is 2.90. The Kier molecular flexibility index (Phi) is 4.06. The molecule has 1 aromatic rings. The van der Waals surface area contributed by atoms with Crippen molar-refractivity contribution in [1.29, 1.82) is 0 Å². The van der Waals surface area contributed by atoms with Gasteiger partial charge in [-0.1, -0.05) is 24.6 Å². The number of nitrogens with one attached hydrogen (secondary N) is 1. The van der Waals surface area contributed by atoms with E-state index in [4.69, 9.17) is 17.3 Å². The topological polar surface area (TPSA) is 38.0 Å². The Morgan fingerprint density at radius 1 is 1.46 bits per heavy atom. The Bertz CT molecular complexity index is 274. The van der Waals surface area contributed by atoms with Crippen LogP contribution in [0.2, 0.25) is 5.02 Å². The summed E-state index contributed by atoms with van der Waals surface area (Å²) in [5.74, 6) is 0. The molecule has 3 heteroatoms. The SMILES string of the molecule is CCCNc1cc(Cl)ccc1CN. The van der Waals surface area contributed by atoms with Crippen molar-refractivity contribution in [2.45, 2.75) is 19.9 Å². The van der Waals surface area contributed by atoms with Crippen LogP contribution in [0.25, 0.3) is 0 Å². The van der Waals surface area contributed by atoms with Crippen molar-refractivity contribution >= 4 is 17.3 Å². The third-order valence-electron chi connectivity index (χ3n) is 1.86. The van der Waals surface area contributed by atoms with E-state index in [0.29, 0.717) is 6.54 Å². The first kappa shape index (κ1) is 10.4. The van der Waals surface area contributed by atoms with E-state index in [1.165, 1.54) is 0 Å². The molecule has 0 radical (unpaired) electrons. The lowest BCUT2D eigenvalue weighted by Crippen LogP contribution is -2.06. The van der Waals surface area contributed by atoms with E-state index in [1.54, 1.807) is 0 Å². The molecule has 0 aromatic heterocycles. The lowest BCUT2D eigenvalue weighted by molar-refractivity contribution is 0.968. The Morgan fingerprint density at radius 3 is 2.85 bits per heavy atom. The fourth-order valence-electron chi connectivity index (χ4n) is 1.15. The molecule has 0 atom stereocenters. The molecule has 0 aliphatic rings. The Morgan fingerprint density at radius 2 is 2.23 bits per heavy atom. The van der Waals surface area contributed by atoms with Crippen molar-refractivity contribution in [3.05, 3.63) is 28.8 Å². The van der Waals surface area contributed by atoms with E-state index in [1.807, 2.05) is 18.2 Å². The highest BCUT2D eigenvalue weighted by molar-refractivity contribution is 6.30. The lowest BCUT2D eigenvalue weighted by Gasteiger charge is -2.10. The lowest BCUT2D eigenvalue weighted by atomic mass is 10.2. The van der Waals surface area contributed by atoms with Gasteiger partial charge in [-0.25, -0.2) is 0 Å². The number of hydrogen-bond acceptors (Lipinski definition) is 2. The third-order valence-corrected chi connectivity index (χ3v) is 2.09. The van der Waals surface area contributed by atoms with Gasteiger partial charge >= 0.3 is 0 Å². The molecular weight excluding hydrogens is 184 g/mol. The van der Waals surface area contributed by atoms with E-state index in [-0.39, 0.29) is 0 Å². The molecule has 0 aliphatic heterocycles. The fourth-order valence-corrected chi connectivity index (χ4v) is 1.32. The molecule has 1 rings (SSSR count). The minimum atomic E-state index is 0.545. The van der Waals surface area contributed by atoms with Crippen molar-refractivity contribution in [2.75, 3.05) is 11.9 Å². The van der Waals surface area contributed by atoms with Crippen molar-refractivity contribution in [1.82, 2.24) is 0 Å². The molecule has 1 aromatic carbocycles. The molecule has 0 saturated carbocycles. The summed E-state index contributed by atoms with van der Waals surface area (Å²) in [7, 11) is 0. The van der Waals surface area contributed by atoms with Crippen LogP contribution in [0, 0.1) is 0 Å². The molecule has 0 aliphatic carbocycles. The van der Waals surface area contributed by atoms with E-state index < -0.39 is 0 Å². The highest BCUT2D eigenvalue weighted by Gasteiger charge is 2.00. The van der Waals surface area contributed by atoms with Gasteiger partial charge in [-0.3, -0.25) is 0 Å². The van der Waals surface area contributed by atoms with Gasteiger partial charge in [-0.05, 0) is 24.1 Å². The highest BCUT2D eigenvalue weighted by Crippen LogP contribution is 2.20. The zero-order valence-corrected chi connectivity index (χ0v) is 8.56. The number of anilines is 1. The smallest absolute Gasteiger partial charge is 0.0426 e. The molecule has 0 heterocycles. The summed E-state index contributed by atoms with van der Waals surface area (Å²) < 4.78 is 0. The maximum atomic E-state index is 5.87. The predicted molar refractivity (Wildman–Crippen MR) is 58.1 cm³/mol. The zero-order chi connectivity index (χ0) is 9.68. The van der Waals surface area contributed by atoms with E-state index in [0.717, 1.165) is 29.2 Å². The number of nitrogens with two attached hydrogens (primary N) is 1. The molecule has 0 amide bonds. The fraction of sp³-hybridized carbons (Fsp3) is 0.400. The molecule has 0 unspecified atom stereocenters. The van der Waals surface area contributed by atoms with Gasteiger partial charge < -0.3 is 11.1 Å². The minimum absolute atomic E-state index is 0.545. The van der Waals surface area contributed by atoms with Crippen LogP contribution < -0.4 is 11.1 Å². The van der Waals surface area contributed by atoms with Crippen LogP contribution in [0.5, 0.6) is 0 Å². The van der Waals surface area contributed by atoms with Crippen molar-refractivity contribution < 1.29 is 0 Å². The molecule has 13 heavy (non-hydrogen) atoms. The first-order chi connectivity index (χ1) is 6.27. The molecule has 0 saturated heterocycles. The minimum Gasteiger partial charge on any atom is -0.385 e. The van der Waals surface area contributed by atoms with Crippen LogP contribution in [-0.4, -0.2) is 6.54 Å². The maximum Gasteiger partial charge on any atom is 0.0426 e. The summed E-state index contributed by atoms with van der Waals surface area (Å²) >= 11 is 5.87. The summed E-state index contributed by atoms with van der Waals surface area (Å²) in [6, 6.07) is 5.74. The second-order valence-electron chi connectivity index (χ2n) is 2.93. The van der Waals surface area contributed by atoms with Gasteiger partial charge in [-0.2, -0.15) is 0 Å². The second kappa shape index (κ2) is 5.10. The quantitative estimate of drug-likeness (QED) is 0.781. The maximum absolute atomic E-state index is 5.87. The van der Waals surface area contributed by atoms with Crippen LogP contribution in [-0.2, 0) is 6.54 Å². The van der Waals surface area contributed by atoms with Gasteiger partial charge in [0.05, 0.1) is 0 Å². The predicted octanol–water partition coefficient (Wildman–Crippen LogP) is 2.62. The van der Waals surface area contributed by atoms with Crippen LogP contribution in [0.3, 0.4) is 0 Å².